The van der Waals surface area contributed by atoms with Crippen LogP contribution in [-0.2, 0) is 16.1 Å². The van der Waals surface area contributed by atoms with Gasteiger partial charge in [-0.1, -0.05) is 0 Å². The lowest BCUT2D eigenvalue weighted by atomic mass is 9.92. The predicted octanol–water partition coefficient (Wildman–Crippen LogP) is 3.77. The van der Waals surface area contributed by atoms with Gasteiger partial charge in [0.1, 0.15) is 5.75 Å². The molecule has 4 rings (SSSR count). The van der Waals surface area contributed by atoms with E-state index in [1.54, 1.807) is 7.11 Å². The number of carbonyl (C=O) groups excluding carboxylic acids is 1. The lowest BCUT2D eigenvalue weighted by Gasteiger charge is -2.31. The Bertz CT molecular complexity index is 849. The van der Waals surface area contributed by atoms with Gasteiger partial charge in [0, 0.05) is 42.7 Å². The summed E-state index contributed by atoms with van der Waals surface area (Å²) in [5.41, 5.74) is 3.78. The number of amides is 1. The Balaban J connectivity index is 1.20. The van der Waals surface area contributed by atoms with Crippen molar-refractivity contribution < 1.29 is 14.3 Å². The molecule has 0 saturated carbocycles. The van der Waals surface area contributed by atoms with E-state index in [0.29, 0.717) is 18.9 Å². The van der Waals surface area contributed by atoms with Crippen molar-refractivity contribution in [2.75, 3.05) is 33.4 Å². The first-order chi connectivity index (χ1) is 14.6. The van der Waals surface area contributed by atoms with Crippen molar-refractivity contribution in [1.82, 2.24) is 15.2 Å². The van der Waals surface area contributed by atoms with Crippen LogP contribution in [0.5, 0.6) is 5.75 Å². The Morgan fingerprint density at radius 1 is 1.30 bits per heavy atom. The zero-order valence-corrected chi connectivity index (χ0v) is 18.3. The van der Waals surface area contributed by atoms with Crippen molar-refractivity contribution in [2.24, 2.45) is 5.92 Å². The number of aromatic nitrogens is 1. The molecular weight excluding hydrogens is 378 g/mol. The smallest absolute Gasteiger partial charge is 0.220 e. The van der Waals surface area contributed by atoms with Crippen LogP contribution >= 0.6 is 0 Å². The molecule has 2 aromatic rings. The number of methoxy groups -OCH3 is 1. The predicted molar refractivity (Wildman–Crippen MR) is 119 cm³/mol. The summed E-state index contributed by atoms with van der Waals surface area (Å²) < 4.78 is 10.9. The molecular formula is C24H35N3O3. The topological polar surface area (TPSA) is 66.6 Å². The average Bonchev–Trinajstić information content (AvgIpc) is 3.40. The molecule has 1 aromatic carbocycles. The Hall–Kier alpha value is -2.05. The molecule has 1 amide bonds. The van der Waals surface area contributed by atoms with Crippen LogP contribution in [0.25, 0.3) is 10.9 Å². The maximum absolute atomic E-state index is 12.1. The number of piperidine rings is 1. The molecule has 6 nitrogen and oxygen atoms in total. The van der Waals surface area contributed by atoms with Crippen molar-refractivity contribution in [2.45, 2.75) is 58.1 Å². The third kappa shape index (κ3) is 5.16. The Labute approximate surface area is 179 Å². The monoisotopic (exact) mass is 413 g/mol. The van der Waals surface area contributed by atoms with Gasteiger partial charge < -0.3 is 19.8 Å². The summed E-state index contributed by atoms with van der Waals surface area (Å²) in [5.74, 6) is 1.73. The first-order valence-electron chi connectivity index (χ1n) is 11.4. The molecule has 0 spiro atoms. The minimum Gasteiger partial charge on any atom is -0.497 e. The summed E-state index contributed by atoms with van der Waals surface area (Å²) in [6.45, 7) is 6.85. The summed E-state index contributed by atoms with van der Waals surface area (Å²) in [6.07, 6.45) is 6.40. The SMILES string of the molecule is COc1ccc2[nH]c(CN3CCC(CCC(=O)NC[C@H]4CCCO4)CC3)c(C)c2c1. The molecule has 30 heavy (non-hydrogen) atoms. The van der Waals surface area contributed by atoms with Crippen molar-refractivity contribution >= 4 is 16.8 Å². The van der Waals surface area contributed by atoms with Gasteiger partial charge in [-0.05, 0) is 81.8 Å². The number of hydrogen-bond donors (Lipinski definition) is 2. The number of likely N-dealkylation sites (tertiary alicyclic amines) is 1. The minimum atomic E-state index is 0.178. The summed E-state index contributed by atoms with van der Waals surface area (Å²) in [5, 5.41) is 4.29. The van der Waals surface area contributed by atoms with E-state index in [-0.39, 0.29) is 12.0 Å². The van der Waals surface area contributed by atoms with Crippen molar-refractivity contribution in [3.05, 3.63) is 29.5 Å². The van der Waals surface area contributed by atoms with Crippen LogP contribution in [-0.4, -0.2) is 55.2 Å². The van der Waals surface area contributed by atoms with E-state index in [9.17, 15) is 4.79 Å². The molecule has 6 heteroatoms. The number of hydrogen-bond acceptors (Lipinski definition) is 4. The molecule has 1 aromatic heterocycles. The lowest BCUT2D eigenvalue weighted by molar-refractivity contribution is -0.122. The van der Waals surface area contributed by atoms with Crippen LogP contribution in [0.3, 0.4) is 0 Å². The van der Waals surface area contributed by atoms with Gasteiger partial charge in [-0.2, -0.15) is 0 Å². The van der Waals surface area contributed by atoms with Crippen LogP contribution in [0.1, 0.15) is 49.8 Å². The van der Waals surface area contributed by atoms with E-state index >= 15 is 0 Å². The number of carbonyl (C=O) groups is 1. The number of ether oxygens (including phenoxy) is 2. The van der Waals surface area contributed by atoms with Gasteiger partial charge in [-0.25, -0.2) is 0 Å². The zero-order valence-electron chi connectivity index (χ0n) is 18.3. The third-order valence-electron chi connectivity index (χ3n) is 6.79. The van der Waals surface area contributed by atoms with Crippen LogP contribution in [0, 0.1) is 12.8 Å². The molecule has 164 valence electrons. The highest BCUT2D eigenvalue weighted by Gasteiger charge is 2.22. The van der Waals surface area contributed by atoms with Gasteiger partial charge in [-0.3, -0.25) is 9.69 Å². The molecule has 1 atom stereocenters. The number of nitrogens with one attached hydrogen (secondary N) is 2. The number of aryl methyl sites for hydroxylation is 1. The maximum atomic E-state index is 12.1. The van der Waals surface area contributed by atoms with E-state index in [4.69, 9.17) is 9.47 Å². The minimum absolute atomic E-state index is 0.178. The molecule has 0 radical (unpaired) electrons. The second-order valence-electron chi connectivity index (χ2n) is 8.84. The third-order valence-corrected chi connectivity index (χ3v) is 6.79. The fourth-order valence-corrected chi connectivity index (χ4v) is 4.76. The molecule has 2 N–H and O–H groups in total. The summed E-state index contributed by atoms with van der Waals surface area (Å²) in [4.78, 5) is 18.2. The first-order valence-corrected chi connectivity index (χ1v) is 11.4. The Morgan fingerprint density at radius 3 is 2.87 bits per heavy atom. The molecule has 2 aliphatic heterocycles. The van der Waals surface area contributed by atoms with E-state index in [2.05, 4.69) is 34.3 Å². The maximum Gasteiger partial charge on any atom is 0.220 e. The summed E-state index contributed by atoms with van der Waals surface area (Å²) in [7, 11) is 1.71. The van der Waals surface area contributed by atoms with Gasteiger partial charge >= 0.3 is 0 Å². The number of H-pyrrole nitrogens is 1. The molecule has 0 unspecified atom stereocenters. The average molecular weight is 414 g/mol. The molecule has 2 saturated heterocycles. The van der Waals surface area contributed by atoms with Gasteiger partial charge in [-0.15, -0.1) is 0 Å². The zero-order chi connectivity index (χ0) is 20.9. The highest BCUT2D eigenvalue weighted by Crippen LogP contribution is 2.28. The standard InChI is InChI=1S/C24H35N3O3/c1-17-21-14-19(29-2)6-7-22(21)26-23(17)16-27-11-9-18(10-12-27)5-8-24(28)25-15-20-4-3-13-30-20/h6-7,14,18,20,26H,3-5,8-13,15-16H2,1-2H3,(H,25,28)/t20-/m1/s1. The van der Waals surface area contributed by atoms with E-state index in [0.717, 1.165) is 51.3 Å². The lowest BCUT2D eigenvalue weighted by Crippen LogP contribution is -2.35. The number of benzene rings is 1. The van der Waals surface area contributed by atoms with Gasteiger partial charge in [0.2, 0.25) is 5.91 Å². The van der Waals surface area contributed by atoms with E-state index in [1.807, 2.05) is 6.07 Å². The fourth-order valence-electron chi connectivity index (χ4n) is 4.76. The Morgan fingerprint density at radius 2 is 2.13 bits per heavy atom. The number of rotatable bonds is 8. The number of aromatic amines is 1. The van der Waals surface area contributed by atoms with Crippen LogP contribution < -0.4 is 10.1 Å². The van der Waals surface area contributed by atoms with Crippen LogP contribution in [0.4, 0.5) is 0 Å². The molecule has 2 fully saturated rings. The van der Waals surface area contributed by atoms with E-state index in [1.165, 1.54) is 35.0 Å². The highest BCUT2D eigenvalue weighted by molar-refractivity contribution is 5.85. The highest BCUT2D eigenvalue weighted by atomic mass is 16.5. The largest absolute Gasteiger partial charge is 0.497 e. The molecule has 2 aliphatic rings. The van der Waals surface area contributed by atoms with Gasteiger partial charge in [0.25, 0.3) is 0 Å². The fraction of sp³-hybridized carbons (Fsp3) is 0.625. The first kappa shape index (κ1) is 21.2. The van der Waals surface area contributed by atoms with Crippen molar-refractivity contribution in [3.8, 4) is 5.75 Å². The van der Waals surface area contributed by atoms with Gasteiger partial charge in [0.15, 0.2) is 0 Å². The molecule has 0 bridgehead atoms. The number of fused-ring (bicyclic) bond motifs is 1. The number of nitrogens with zero attached hydrogens (tertiary/aromatic N) is 1. The second-order valence-corrected chi connectivity index (χ2v) is 8.84. The van der Waals surface area contributed by atoms with E-state index < -0.39 is 0 Å². The van der Waals surface area contributed by atoms with Crippen LogP contribution in [0.2, 0.25) is 0 Å². The molecule has 3 heterocycles. The normalized spacial score (nSPS) is 20.7. The summed E-state index contributed by atoms with van der Waals surface area (Å²) >= 11 is 0. The van der Waals surface area contributed by atoms with Crippen LogP contribution in [0.15, 0.2) is 18.2 Å². The van der Waals surface area contributed by atoms with Gasteiger partial charge in [0.05, 0.1) is 13.2 Å². The second kappa shape index (κ2) is 9.84. The Kier molecular flexibility index (Phi) is 6.95. The van der Waals surface area contributed by atoms with Crippen molar-refractivity contribution in [3.63, 3.8) is 0 Å². The van der Waals surface area contributed by atoms with Crippen molar-refractivity contribution in [1.29, 1.82) is 0 Å². The summed E-state index contributed by atoms with van der Waals surface area (Å²) in [6, 6.07) is 6.21. The quantitative estimate of drug-likeness (QED) is 0.691. The molecule has 0 aliphatic carbocycles.